The van der Waals surface area contributed by atoms with Crippen molar-refractivity contribution in [2.24, 2.45) is 0 Å². The molecule has 0 bridgehead atoms. The summed E-state index contributed by atoms with van der Waals surface area (Å²) in [5.74, 6) is 1.84. The molecule has 5 heteroatoms. The minimum Gasteiger partial charge on any atom is -0.468 e. The minimum absolute atomic E-state index is 0.0713. The number of benzene rings is 1. The number of aliphatic hydroxyl groups excluding tert-OH is 1. The molecule has 120 valence electrons. The Balaban J connectivity index is 1.70. The molecule has 0 amide bonds. The van der Waals surface area contributed by atoms with Gasteiger partial charge in [-0.3, -0.25) is 5.32 Å². The van der Waals surface area contributed by atoms with Gasteiger partial charge in [0.25, 0.3) is 0 Å². The van der Waals surface area contributed by atoms with Crippen LogP contribution in [0.1, 0.15) is 23.1 Å². The fourth-order valence-corrected chi connectivity index (χ4v) is 2.49. The van der Waals surface area contributed by atoms with Crippen molar-refractivity contribution in [3.8, 4) is 11.3 Å². The largest absolute Gasteiger partial charge is 0.468 e. The summed E-state index contributed by atoms with van der Waals surface area (Å²) in [5, 5.41) is 12.6. The van der Waals surface area contributed by atoms with Gasteiger partial charge in [0.1, 0.15) is 23.1 Å². The van der Waals surface area contributed by atoms with Crippen LogP contribution in [0, 0.1) is 12.7 Å². The second kappa shape index (κ2) is 6.81. The van der Waals surface area contributed by atoms with E-state index in [0.717, 1.165) is 16.9 Å². The first kappa shape index (κ1) is 15.5. The Morgan fingerprint density at radius 3 is 2.78 bits per heavy atom. The number of hydrogen-bond donors (Lipinski definition) is 2. The van der Waals surface area contributed by atoms with Gasteiger partial charge in [-0.05, 0) is 55.0 Å². The Labute approximate surface area is 133 Å². The molecule has 1 aromatic carbocycles. The first-order chi connectivity index (χ1) is 11.2. The Morgan fingerprint density at radius 1 is 1.22 bits per heavy atom. The van der Waals surface area contributed by atoms with Gasteiger partial charge in [0.05, 0.1) is 25.5 Å². The number of hydrogen-bond acceptors (Lipinski definition) is 4. The van der Waals surface area contributed by atoms with Crippen molar-refractivity contribution in [2.75, 3.05) is 6.61 Å². The van der Waals surface area contributed by atoms with Gasteiger partial charge < -0.3 is 13.9 Å². The first-order valence-corrected chi connectivity index (χ1v) is 7.40. The van der Waals surface area contributed by atoms with Crippen LogP contribution in [-0.2, 0) is 6.54 Å². The third kappa shape index (κ3) is 3.52. The normalized spacial score (nSPS) is 12.5. The van der Waals surface area contributed by atoms with Gasteiger partial charge in [-0.1, -0.05) is 0 Å². The zero-order valence-electron chi connectivity index (χ0n) is 12.8. The van der Waals surface area contributed by atoms with Gasteiger partial charge in [-0.15, -0.1) is 0 Å². The number of aryl methyl sites for hydroxylation is 1. The van der Waals surface area contributed by atoms with E-state index in [9.17, 15) is 9.50 Å². The Hall–Kier alpha value is -2.37. The van der Waals surface area contributed by atoms with E-state index in [1.807, 2.05) is 25.1 Å². The zero-order valence-corrected chi connectivity index (χ0v) is 12.8. The molecule has 2 heterocycles. The van der Waals surface area contributed by atoms with E-state index < -0.39 is 0 Å². The molecule has 0 radical (unpaired) electrons. The molecule has 1 atom stereocenters. The van der Waals surface area contributed by atoms with Gasteiger partial charge in [0, 0.05) is 5.56 Å². The summed E-state index contributed by atoms with van der Waals surface area (Å²) < 4.78 is 24.3. The minimum atomic E-state index is -0.286. The van der Waals surface area contributed by atoms with E-state index >= 15 is 0 Å². The Kier molecular flexibility index (Phi) is 4.60. The fraction of sp³-hybridized carbons (Fsp3) is 0.222. The molecule has 0 spiro atoms. The molecule has 23 heavy (non-hydrogen) atoms. The maximum atomic E-state index is 13.2. The lowest BCUT2D eigenvalue weighted by atomic mass is 10.1. The molecule has 0 aliphatic rings. The molecule has 4 nitrogen and oxygen atoms in total. The van der Waals surface area contributed by atoms with Crippen LogP contribution < -0.4 is 5.32 Å². The number of aliphatic hydroxyl groups is 1. The van der Waals surface area contributed by atoms with Crippen molar-refractivity contribution < 1.29 is 18.3 Å². The van der Waals surface area contributed by atoms with Crippen LogP contribution in [0.4, 0.5) is 4.39 Å². The highest BCUT2D eigenvalue weighted by Crippen LogP contribution is 2.26. The molecule has 0 fully saturated rings. The molecular formula is C18H18FNO3. The van der Waals surface area contributed by atoms with Crippen molar-refractivity contribution in [3.63, 3.8) is 0 Å². The second-order valence-corrected chi connectivity index (χ2v) is 5.36. The topological polar surface area (TPSA) is 58.5 Å². The fourth-order valence-electron chi connectivity index (χ4n) is 2.49. The zero-order chi connectivity index (χ0) is 16.2. The standard InChI is InChI=1S/C18H18FNO3/c1-12-9-13(19)4-6-15(12)17-7-5-14(23-17)10-20-16(11-21)18-3-2-8-22-18/h2-9,16,20-21H,10-11H2,1H3. The molecule has 0 saturated heterocycles. The van der Waals surface area contributed by atoms with Gasteiger partial charge in [-0.25, -0.2) is 4.39 Å². The van der Waals surface area contributed by atoms with Crippen LogP contribution >= 0.6 is 0 Å². The molecule has 3 aromatic rings. The molecule has 3 rings (SSSR count). The van der Waals surface area contributed by atoms with Crippen LogP contribution in [0.5, 0.6) is 0 Å². The maximum Gasteiger partial charge on any atom is 0.134 e. The van der Waals surface area contributed by atoms with Gasteiger partial charge in [0.15, 0.2) is 0 Å². The molecule has 0 aliphatic heterocycles. The first-order valence-electron chi connectivity index (χ1n) is 7.40. The van der Waals surface area contributed by atoms with E-state index in [-0.39, 0.29) is 18.5 Å². The third-order valence-electron chi connectivity index (χ3n) is 3.71. The summed E-state index contributed by atoms with van der Waals surface area (Å²) in [6.07, 6.45) is 1.57. The maximum absolute atomic E-state index is 13.2. The molecule has 2 N–H and O–H groups in total. The predicted octanol–water partition coefficient (Wildman–Crippen LogP) is 3.81. The summed E-state index contributed by atoms with van der Waals surface area (Å²) in [7, 11) is 0. The van der Waals surface area contributed by atoms with Crippen LogP contribution in [0.25, 0.3) is 11.3 Å². The highest BCUT2D eigenvalue weighted by Gasteiger charge is 2.14. The smallest absolute Gasteiger partial charge is 0.134 e. The van der Waals surface area contributed by atoms with Crippen molar-refractivity contribution >= 4 is 0 Å². The molecule has 0 saturated carbocycles. The van der Waals surface area contributed by atoms with Crippen LogP contribution in [0.3, 0.4) is 0 Å². The second-order valence-electron chi connectivity index (χ2n) is 5.36. The lowest BCUT2D eigenvalue weighted by Gasteiger charge is -2.12. The third-order valence-corrected chi connectivity index (χ3v) is 3.71. The molecule has 0 aliphatic carbocycles. The summed E-state index contributed by atoms with van der Waals surface area (Å²) in [4.78, 5) is 0. The predicted molar refractivity (Wildman–Crippen MR) is 84.2 cm³/mol. The van der Waals surface area contributed by atoms with Crippen molar-refractivity contribution in [1.82, 2.24) is 5.32 Å². The van der Waals surface area contributed by atoms with Crippen LogP contribution in [0.15, 0.2) is 57.6 Å². The number of nitrogens with one attached hydrogen (secondary N) is 1. The molecular weight excluding hydrogens is 297 g/mol. The van der Waals surface area contributed by atoms with E-state index in [1.165, 1.54) is 12.1 Å². The van der Waals surface area contributed by atoms with E-state index in [1.54, 1.807) is 18.4 Å². The lowest BCUT2D eigenvalue weighted by Crippen LogP contribution is -2.23. The lowest BCUT2D eigenvalue weighted by molar-refractivity contribution is 0.223. The summed E-state index contributed by atoms with van der Waals surface area (Å²) in [5.41, 5.74) is 1.69. The van der Waals surface area contributed by atoms with Crippen LogP contribution in [-0.4, -0.2) is 11.7 Å². The van der Waals surface area contributed by atoms with E-state index in [0.29, 0.717) is 18.1 Å². The molecule has 2 aromatic heterocycles. The average molecular weight is 315 g/mol. The SMILES string of the molecule is Cc1cc(F)ccc1-c1ccc(CNC(CO)c2ccco2)o1. The van der Waals surface area contributed by atoms with Crippen molar-refractivity contribution in [1.29, 1.82) is 0 Å². The summed E-state index contributed by atoms with van der Waals surface area (Å²) in [6, 6.07) is 11.6. The monoisotopic (exact) mass is 315 g/mol. The number of furan rings is 2. The Morgan fingerprint density at radius 2 is 2.09 bits per heavy atom. The van der Waals surface area contributed by atoms with Gasteiger partial charge in [0.2, 0.25) is 0 Å². The molecule has 1 unspecified atom stereocenters. The summed E-state index contributed by atoms with van der Waals surface area (Å²) in [6.45, 7) is 2.22. The summed E-state index contributed by atoms with van der Waals surface area (Å²) >= 11 is 0. The van der Waals surface area contributed by atoms with Crippen molar-refractivity contribution in [3.05, 3.63) is 71.6 Å². The van der Waals surface area contributed by atoms with E-state index in [2.05, 4.69) is 5.32 Å². The quantitative estimate of drug-likeness (QED) is 0.726. The Bertz CT molecular complexity index is 764. The van der Waals surface area contributed by atoms with E-state index in [4.69, 9.17) is 8.83 Å². The van der Waals surface area contributed by atoms with Crippen molar-refractivity contribution in [2.45, 2.75) is 19.5 Å². The average Bonchev–Trinajstić information content (AvgIpc) is 3.20. The number of rotatable bonds is 6. The highest BCUT2D eigenvalue weighted by atomic mass is 19.1. The van der Waals surface area contributed by atoms with Gasteiger partial charge >= 0.3 is 0 Å². The van der Waals surface area contributed by atoms with Crippen LogP contribution in [0.2, 0.25) is 0 Å². The number of halogens is 1. The van der Waals surface area contributed by atoms with Gasteiger partial charge in [-0.2, -0.15) is 0 Å². The highest BCUT2D eigenvalue weighted by molar-refractivity contribution is 5.62.